The van der Waals surface area contributed by atoms with Crippen molar-refractivity contribution in [3.05, 3.63) is 35.4 Å². The number of hydrogen-bond acceptors (Lipinski definition) is 7. The number of nitrogens with one attached hydrogen (secondary N) is 4. The van der Waals surface area contributed by atoms with Crippen molar-refractivity contribution in [2.24, 2.45) is 0 Å². The molecular formula is C28H41N5O6. The zero-order valence-electron chi connectivity index (χ0n) is 22.8. The highest BCUT2D eigenvalue weighted by Gasteiger charge is 2.43. The molecule has 0 bridgehead atoms. The van der Waals surface area contributed by atoms with Gasteiger partial charge in [0, 0.05) is 25.6 Å². The largest absolute Gasteiger partial charge is 0.368 e. The number of rotatable bonds is 9. The number of ether oxygens (including phenoxy) is 1. The maximum Gasteiger partial charge on any atom is 0.249 e. The van der Waals surface area contributed by atoms with E-state index in [-0.39, 0.29) is 29.7 Å². The predicted molar refractivity (Wildman–Crippen MR) is 143 cm³/mol. The first-order valence-electron chi connectivity index (χ1n) is 14.0. The lowest BCUT2D eigenvalue weighted by molar-refractivity contribution is -0.144. The van der Waals surface area contributed by atoms with Gasteiger partial charge in [0.25, 0.3) is 0 Å². The third kappa shape index (κ3) is 7.34. The minimum atomic E-state index is -0.886. The molecule has 39 heavy (non-hydrogen) atoms. The van der Waals surface area contributed by atoms with Crippen LogP contribution >= 0.6 is 0 Å². The Morgan fingerprint density at radius 3 is 2.36 bits per heavy atom. The van der Waals surface area contributed by atoms with Crippen molar-refractivity contribution in [2.45, 2.75) is 108 Å². The van der Waals surface area contributed by atoms with Crippen molar-refractivity contribution in [1.29, 1.82) is 0 Å². The summed E-state index contributed by atoms with van der Waals surface area (Å²) in [4.78, 5) is 53.3. The molecule has 4 rings (SSSR count). The van der Waals surface area contributed by atoms with Gasteiger partial charge in [0.2, 0.25) is 23.6 Å². The number of nitrogens with zero attached hydrogens (tertiary/aromatic N) is 1. The van der Waals surface area contributed by atoms with Crippen LogP contribution in [0.1, 0.15) is 69.4 Å². The Kier molecular flexibility index (Phi) is 9.93. The summed E-state index contributed by atoms with van der Waals surface area (Å²) in [5.74, 6) is -0.854. The van der Waals surface area contributed by atoms with Gasteiger partial charge in [-0.1, -0.05) is 37.1 Å². The molecule has 3 saturated heterocycles. The second-order valence-electron chi connectivity index (χ2n) is 10.8. The number of likely N-dealkylation sites (N-methyl/N-ethyl adjacent to an activating group) is 1. The number of carbonyl (C=O) groups excluding carboxylic acids is 4. The van der Waals surface area contributed by atoms with Crippen LogP contribution in [0.4, 0.5) is 0 Å². The van der Waals surface area contributed by atoms with Gasteiger partial charge in [-0.15, -0.1) is 0 Å². The molecule has 1 aromatic carbocycles. The highest BCUT2D eigenvalue weighted by molar-refractivity contribution is 5.93. The van der Waals surface area contributed by atoms with Crippen LogP contribution < -0.4 is 21.3 Å². The molecule has 6 unspecified atom stereocenters. The summed E-state index contributed by atoms with van der Waals surface area (Å²) in [5.41, 5.74) is 1.75. The summed E-state index contributed by atoms with van der Waals surface area (Å²) >= 11 is 0. The summed E-state index contributed by atoms with van der Waals surface area (Å²) < 4.78 is 5.19. The second-order valence-corrected chi connectivity index (χ2v) is 10.8. The summed E-state index contributed by atoms with van der Waals surface area (Å²) in [7, 11) is 1.70. The molecule has 4 amide bonds. The molecule has 11 heteroatoms. The van der Waals surface area contributed by atoms with Gasteiger partial charge in [-0.05, 0) is 57.2 Å². The van der Waals surface area contributed by atoms with E-state index in [1.807, 2.05) is 24.3 Å². The van der Waals surface area contributed by atoms with Gasteiger partial charge in [0.1, 0.15) is 18.2 Å². The smallest absolute Gasteiger partial charge is 0.249 e. The van der Waals surface area contributed by atoms with Crippen molar-refractivity contribution >= 4 is 23.6 Å². The first kappa shape index (κ1) is 29.0. The summed E-state index contributed by atoms with van der Waals surface area (Å²) in [6.07, 6.45) is 4.02. The van der Waals surface area contributed by atoms with Crippen LogP contribution in [0.25, 0.3) is 0 Å². The quantitative estimate of drug-likeness (QED) is 0.304. The van der Waals surface area contributed by atoms with Crippen molar-refractivity contribution in [2.75, 3.05) is 7.05 Å². The molecule has 3 fully saturated rings. The molecule has 0 aliphatic carbocycles. The molecule has 0 radical (unpaired) electrons. The van der Waals surface area contributed by atoms with Gasteiger partial charge >= 0.3 is 0 Å². The van der Waals surface area contributed by atoms with Gasteiger partial charge in [0.05, 0.1) is 6.04 Å². The minimum Gasteiger partial charge on any atom is -0.368 e. The fraction of sp³-hybridized carbons (Fsp3) is 0.643. The summed E-state index contributed by atoms with van der Waals surface area (Å²) in [6.45, 7) is 2.35. The van der Waals surface area contributed by atoms with Gasteiger partial charge < -0.3 is 36.0 Å². The van der Waals surface area contributed by atoms with E-state index in [2.05, 4.69) is 21.3 Å². The SMILES string of the molecule is CNC(C)C(=O)NC1CCCCC2CCC(C(=O)NCc3cccc(CNC(=O)C4CCC(O)O4)c3)N2C1=O. The molecule has 0 aromatic heterocycles. The Morgan fingerprint density at radius 2 is 1.69 bits per heavy atom. The molecule has 3 aliphatic heterocycles. The topological polar surface area (TPSA) is 149 Å². The maximum absolute atomic E-state index is 13.6. The predicted octanol–water partition coefficient (Wildman–Crippen LogP) is 0.443. The van der Waals surface area contributed by atoms with Crippen molar-refractivity contribution in [3.8, 4) is 0 Å². The van der Waals surface area contributed by atoms with Crippen molar-refractivity contribution in [1.82, 2.24) is 26.2 Å². The highest BCUT2D eigenvalue weighted by atomic mass is 16.6. The number of carbonyl (C=O) groups is 4. The number of benzene rings is 1. The van der Waals surface area contributed by atoms with Crippen molar-refractivity contribution in [3.63, 3.8) is 0 Å². The molecule has 11 nitrogen and oxygen atoms in total. The average molecular weight is 544 g/mol. The molecule has 3 aliphatic rings. The number of aliphatic hydroxyl groups is 1. The van der Waals surface area contributed by atoms with Crippen LogP contribution in [0.2, 0.25) is 0 Å². The van der Waals surface area contributed by atoms with E-state index in [1.54, 1.807) is 18.9 Å². The average Bonchev–Trinajstić information content (AvgIpc) is 3.56. The summed E-state index contributed by atoms with van der Waals surface area (Å²) in [5, 5.41) is 21.1. The zero-order chi connectivity index (χ0) is 27.9. The standard InChI is InChI=1S/C28H41N5O6/c1-17(29-2)25(35)32-21-9-4-3-8-20-10-11-22(33(20)28(21)38)26(36)30-15-18-6-5-7-19(14-18)16-31-27(37)23-12-13-24(34)39-23/h5-7,14,17,20-24,29,34H,3-4,8-13,15-16H2,1-2H3,(H,30,36)(H,31,37)(H,32,35). The van der Waals surface area contributed by atoms with E-state index in [0.717, 1.165) is 36.8 Å². The third-order valence-electron chi connectivity index (χ3n) is 8.00. The normalized spacial score (nSPS) is 27.7. The van der Waals surface area contributed by atoms with Crippen LogP contribution in [0.15, 0.2) is 24.3 Å². The van der Waals surface area contributed by atoms with Gasteiger partial charge in [-0.25, -0.2) is 0 Å². The lowest BCUT2D eigenvalue weighted by atomic mass is 9.98. The van der Waals surface area contributed by atoms with Crippen LogP contribution in [-0.4, -0.2) is 77.2 Å². The molecule has 1 aromatic rings. The van der Waals surface area contributed by atoms with Gasteiger partial charge in [-0.2, -0.15) is 0 Å². The van der Waals surface area contributed by atoms with E-state index >= 15 is 0 Å². The molecule has 0 saturated carbocycles. The number of amides is 4. The molecule has 214 valence electrons. The fourth-order valence-corrected chi connectivity index (χ4v) is 5.62. The Morgan fingerprint density at radius 1 is 1.00 bits per heavy atom. The third-order valence-corrected chi connectivity index (χ3v) is 8.00. The monoisotopic (exact) mass is 543 g/mol. The van der Waals surface area contributed by atoms with Crippen molar-refractivity contribution < 1.29 is 29.0 Å². The summed E-state index contributed by atoms with van der Waals surface area (Å²) in [6, 6.07) is 5.97. The number of fused-ring (bicyclic) bond motifs is 1. The van der Waals surface area contributed by atoms with Gasteiger partial charge in [0.15, 0.2) is 6.29 Å². The molecule has 3 heterocycles. The van der Waals surface area contributed by atoms with Gasteiger partial charge in [-0.3, -0.25) is 19.2 Å². The Balaban J connectivity index is 1.33. The van der Waals surface area contributed by atoms with Crippen LogP contribution in [-0.2, 0) is 37.0 Å². The highest BCUT2D eigenvalue weighted by Crippen LogP contribution is 2.31. The molecule has 0 spiro atoms. The Bertz CT molecular complexity index is 1050. The van der Waals surface area contributed by atoms with E-state index < -0.39 is 30.5 Å². The molecule has 6 atom stereocenters. The fourth-order valence-electron chi connectivity index (χ4n) is 5.62. The van der Waals surface area contributed by atoms with E-state index in [9.17, 15) is 24.3 Å². The number of aliphatic hydroxyl groups excluding tert-OH is 1. The Labute approximate surface area is 229 Å². The van der Waals surface area contributed by atoms with E-state index in [1.165, 1.54) is 0 Å². The minimum absolute atomic E-state index is 0.00609. The Hall–Kier alpha value is -3.02. The second kappa shape index (κ2) is 13.4. The first-order valence-corrected chi connectivity index (χ1v) is 14.0. The number of hydrogen-bond donors (Lipinski definition) is 5. The molecular weight excluding hydrogens is 502 g/mol. The van der Waals surface area contributed by atoms with E-state index in [0.29, 0.717) is 38.8 Å². The van der Waals surface area contributed by atoms with Crippen LogP contribution in [0, 0.1) is 0 Å². The lowest BCUT2D eigenvalue weighted by Crippen LogP contribution is -2.57. The zero-order valence-corrected chi connectivity index (χ0v) is 22.8. The lowest BCUT2D eigenvalue weighted by Gasteiger charge is -2.35. The van der Waals surface area contributed by atoms with Crippen LogP contribution in [0.3, 0.4) is 0 Å². The molecule has 5 N–H and O–H groups in total. The van der Waals surface area contributed by atoms with E-state index in [4.69, 9.17) is 4.74 Å². The maximum atomic E-state index is 13.6. The first-order chi connectivity index (χ1) is 18.8. The van der Waals surface area contributed by atoms with Crippen LogP contribution in [0.5, 0.6) is 0 Å².